The van der Waals surface area contributed by atoms with Gasteiger partial charge in [0.15, 0.2) is 6.10 Å². The van der Waals surface area contributed by atoms with Crippen molar-refractivity contribution in [2.45, 2.75) is 17.4 Å². The molecule has 2 amide bonds. The maximum Gasteiger partial charge on any atom is 0.266 e. The minimum atomic E-state index is -3.78. The van der Waals surface area contributed by atoms with E-state index < -0.39 is 27.9 Å². The number of anilines is 2. The second-order valence-corrected chi connectivity index (χ2v) is 8.62. The van der Waals surface area contributed by atoms with Crippen LogP contribution < -0.4 is 20.1 Å². The lowest BCUT2D eigenvalue weighted by atomic mass is 10.1. The SMILES string of the molecule is COc1ccc(NC(=O)C[C@H]2Oc3ccccc3NC2=O)cc1S(=O)(=O)N(C)C. The van der Waals surface area contributed by atoms with Gasteiger partial charge in [0.05, 0.1) is 19.2 Å². The van der Waals surface area contributed by atoms with Crippen LogP contribution in [0.25, 0.3) is 0 Å². The maximum atomic E-state index is 12.5. The van der Waals surface area contributed by atoms with E-state index >= 15 is 0 Å². The highest BCUT2D eigenvalue weighted by Crippen LogP contribution is 2.31. The van der Waals surface area contributed by atoms with Gasteiger partial charge in [-0.2, -0.15) is 0 Å². The van der Waals surface area contributed by atoms with Gasteiger partial charge in [-0.1, -0.05) is 12.1 Å². The monoisotopic (exact) mass is 419 g/mol. The molecule has 0 spiro atoms. The van der Waals surface area contributed by atoms with E-state index in [2.05, 4.69) is 10.6 Å². The molecule has 1 heterocycles. The molecule has 2 aromatic rings. The summed E-state index contributed by atoms with van der Waals surface area (Å²) >= 11 is 0. The van der Waals surface area contributed by atoms with E-state index in [4.69, 9.17) is 9.47 Å². The summed E-state index contributed by atoms with van der Waals surface area (Å²) in [7, 11) is 0.380. The number of hydrogen-bond acceptors (Lipinski definition) is 6. The number of ether oxygens (including phenoxy) is 2. The summed E-state index contributed by atoms with van der Waals surface area (Å²) in [5.74, 6) is -0.288. The van der Waals surface area contributed by atoms with Gasteiger partial charge in [0.25, 0.3) is 5.91 Å². The Labute approximate surface area is 168 Å². The van der Waals surface area contributed by atoms with Crippen LogP contribution in [0.5, 0.6) is 11.5 Å². The molecule has 0 bridgehead atoms. The fraction of sp³-hybridized carbons (Fsp3) is 0.263. The highest BCUT2D eigenvalue weighted by Gasteiger charge is 2.30. The summed E-state index contributed by atoms with van der Waals surface area (Å²) in [5, 5.41) is 5.29. The first-order valence-corrected chi connectivity index (χ1v) is 10.1. The molecular formula is C19H21N3O6S. The molecular weight excluding hydrogens is 398 g/mol. The molecule has 2 N–H and O–H groups in total. The Morgan fingerprint density at radius 2 is 1.97 bits per heavy atom. The molecule has 0 radical (unpaired) electrons. The summed E-state index contributed by atoms with van der Waals surface area (Å²) in [6.45, 7) is 0. The number of amides is 2. The Bertz CT molecular complexity index is 1050. The molecule has 0 aromatic heterocycles. The van der Waals surface area contributed by atoms with Crippen LogP contribution in [-0.2, 0) is 19.6 Å². The number of rotatable bonds is 6. The molecule has 0 saturated carbocycles. The van der Waals surface area contributed by atoms with Crippen molar-refractivity contribution in [2.75, 3.05) is 31.8 Å². The van der Waals surface area contributed by atoms with E-state index in [9.17, 15) is 18.0 Å². The number of hydrogen-bond donors (Lipinski definition) is 2. The number of nitrogens with zero attached hydrogens (tertiary/aromatic N) is 1. The van der Waals surface area contributed by atoms with Crippen LogP contribution in [0.1, 0.15) is 6.42 Å². The Balaban J connectivity index is 1.75. The second kappa shape index (κ2) is 8.10. The highest BCUT2D eigenvalue weighted by atomic mass is 32.2. The van der Waals surface area contributed by atoms with E-state index in [1.807, 2.05) is 0 Å². The summed E-state index contributed by atoms with van der Waals surface area (Å²) in [6.07, 6.45) is -1.23. The Morgan fingerprint density at radius 1 is 1.24 bits per heavy atom. The first kappa shape index (κ1) is 20.6. The van der Waals surface area contributed by atoms with Crippen molar-refractivity contribution in [1.29, 1.82) is 0 Å². The predicted molar refractivity (Wildman–Crippen MR) is 107 cm³/mol. The predicted octanol–water partition coefficient (Wildman–Crippen LogP) is 1.67. The third kappa shape index (κ3) is 4.33. The number of sulfonamides is 1. The summed E-state index contributed by atoms with van der Waals surface area (Å²) in [4.78, 5) is 24.5. The number of carbonyl (C=O) groups excluding carboxylic acids is 2. The molecule has 3 rings (SSSR count). The summed E-state index contributed by atoms with van der Waals surface area (Å²) in [5.41, 5.74) is 0.802. The van der Waals surface area contributed by atoms with Gasteiger partial charge >= 0.3 is 0 Å². The number of carbonyl (C=O) groups is 2. The van der Waals surface area contributed by atoms with Gasteiger partial charge in [-0.15, -0.1) is 0 Å². The van der Waals surface area contributed by atoms with Crippen LogP contribution >= 0.6 is 0 Å². The van der Waals surface area contributed by atoms with Gasteiger partial charge in [-0.3, -0.25) is 9.59 Å². The third-order valence-corrected chi connectivity index (χ3v) is 6.12. The number of benzene rings is 2. The zero-order valence-electron chi connectivity index (χ0n) is 16.1. The first-order chi connectivity index (χ1) is 13.7. The van der Waals surface area contributed by atoms with Crippen LogP contribution in [0.2, 0.25) is 0 Å². The molecule has 154 valence electrons. The average molecular weight is 419 g/mol. The zero-order valence-corrected chi connectivity index (χ0v) is 16.9. The molecule has 0 saturated heterocycles. The Hall–Kier alpha value is -3.11. The largest absolute Gasteiger partial charge is 0.495 e. The van der Waals surface area contributed by atoms with Crippen LogP contribution in [0.15, 0.2) is 47.4 Å². The van der Waals surface area contributed by atoms with Gasteiger partial charge in [-0.25, -0.2) is 12.7 Å². The molecule has 29 heavy (non-hydrogen) atoms. The maximum absolute atomic E-state index is 12.5. The molecule has 0 unspecified atom stereocenters. The number of para-hydroxylation sites is 2. The minimum Gasteiger partial charge on any atom is -0.495 e. The van der Waals surface area contributed by atoms with Crippen molar-refractivity contribution in [3.63, 3.8) is 0 Å². The fourth-order valence-electron chi connectivity index (χ4n) is 2.76. The third-order valence-electron chi connectivity index (χ3n) is 4.28. The van der Waals surface area contributed by atoms with Crippen LogP contribution in [0.4, 0.5) is 11.4 Å². The molecule has 2 aromatic carbocycles. The molecule has 10 heteroatoms. The Morgan fingerprint density at radius 3 is 2.66 bits per heavy atom. The molecule has 1 aliphatic rings. The minimum absolute atomic E-state index is 0.0802. The van der Waals surface area contributed by atoms with Crippen molar-refractivity contribution in [3.05, 3.63) is 42.5 Å². The number of nitrogens with one attached hydrogen (secondary N) is 2. The van der Waals surface area contributed by atoms with Crippen molar-refractivity contribution < 1.29 is 27.5 Å². The first-order valence-electron chi connectivity index (χ1n) is 8.69. The summed E-state index contributed by atoms with van der Waals surface area (Å²) in [6, 6.07) is 11.2. The number of methoxy groups -OCH3 is 1. The molecule has 1 atom stereocenters. The van der Waals surface area contributed by atoms with Gasteiger partial charge in [0.1, 0.15) is 16.4 Å². The lowest BCUT2D eigenvalue weighted by Crippen LogP contribution is -2.39. The topological polar surface area (TPSA) is 114 Å². The molecule has 0 aliphatic carbocycles. The fourth-order valence-corrected chi connectivity index (χ4v) is 3.84. The molecule has 1 aliphatic heterocycles. The van der Waals surface area contributed by atoms with E-state index in [0.29, 0.717) is 11.4 Å². The normalized spacial score (nSPS) is 15.9. The lowest BCUT2D eigenvalue weighted by Gasteiger charge is -2.25. The van der Waals surface area contributed by atoms with E-state index in [-0.39, 0.29) is 22.8 Å². The van der Waals surface area contributed by atoms with E-state index in [0.717, 1.165) is 4.31 Å². The van der Waals surface area contributed by atoms with Crippen molar-refractivity contribution in [2.24, 2.45) is 0 Å². The van der Waals surface area contributed by atoms with Crippen molar-refractivity contribution in [3.8, 4) is 11.5 Å². The van der Waals surface area contributed by atoms with Crippen LogP contribution in [-0.4, -0.2) is 51.8 Å². The highest BCUT2D eigenvalue weighted by molar-refractivity contribution is 7.89. The average Bonchev–Trinajstić information content (AvgIpc) is 2.68. The zero-order chi connectivity index (χ0) is 21.2. The standard InChI is InChI=1S/C19H21N3O6S/c1-22(2)29(25,26)17-10-12(8-9-15(17)27-3)20-18(23)11-16-19(24)21-13-6-4-5-7-14(13)28-16/h4-10,16H,11H2,1-3H3,(H,20,23)(H,21,24)/t16-/m1/s1. The van der Waals surface area contributed by atoms with Crippen molar-refractivity contribution >= 4 is 33.2 Å². The van der Waals surface area contributed by atoms with Crippen molar-refractivity contribution in [1.82, 2.24) is 4.31 Å². The van der Waals surface area contributed by atoms with Gasteiger partial charge < -0.3 is 20.1 Å². The van der Waals surface area contributed by atoms with E-state index in [1.165, 1.54) is 39.4 Å². The van der Waals surface area contributed by atoms with Crippen LogP contribution in [0, 0.1) is 0 Å². The smallest absolute Gasteiger partial charge is 0.266 e. The molecule has 9 nitrogen and oxygen atoms in total. The second-order valence-electron chi connectivity index (χ2n) is 6.50. The number of fused-ring (bicyclic) bond motifs is 1. The van der Waals surface area contributed by atoms with E-state index in [1.54, 1.807) is 24.3 Å². The van der Waals surface area contributed by atoms with Gasteiger partial charge in [-0.05, 0) is 30.3 Å². The molecule has 0 fully saturated rings. The quantitative estimate of drug-likeness (QED) is 0.736. The van der Waals surface area contributed by atoms with Crippen LogP contribution in [0.3, 0.4) is 0 Å². The lowest BCUT2D eigenvalue weighted by molar-refractivity contribution is -0.128. The Kier molecular flexibility index (Phi) is 5.76. The summed E-state index contributed by atoms with van der Waals surface area (Å²) < 4.78 is 36.7. The van der Waals surface area contributed by atoms with Gasteiger partial charge in [0, 0.05) is 19.8 Å². The van der Waals surface area contributed by atoms with Gasteiger partial charge in [0.2, 0.25) is 15.9 Å².